The van der Waals surface area contributed by atoms with E-state index in [1.54, 1.807) is 0 Å². The first-order chi connectivity index (χ1) is 22.4. The molecule has 5 heteroatoms. The summed E-state index contributed by atoms with van der Waals surface area (Å²) in [6.45, 7) is 17.3. The number of aryl methyl sites for hydroxylation is 4. The second-order valence-corrected chi connectivity index (χ2v) is 35.6. The molecule has 0 amide bonds. The van der Waals surface area contributed by atoms with Crippen LogP contribution in [0.5, 0.6) is 0 Å². The summed E-state index contributed by atoms with van der Waals surface area (Å²) in [6.07, 6.45) is 0. The molecule has 0 fully saturated rings. The van der Waals surface area contributed by atoms with Gasteiger partial charge in [0.2, 0.25) is 0 Å². The van der Waals surface area contributed by atoms with Gasteiger partial charge in [0.15, 0.2) is 0 Å². The predicted molar refractivity (Wildman–Crippen MR) is 205 cm³/mol. The molecule has 0 saturated heterocycles. The van der Waals surface area contributed by atoms with Gasteiger partial charge in [-0.1, -0.05) is 101 Å². The Morgan fingerprint density at radius 2 is 1.06 bits per heavy atom. The summed E-state index contributed by atoms with van der Waals surface area (Å²) in [5.74, 6) is 1.88. The van der Waals surface area contributed by atoms with Crippen LogP contribution in [0.4, 0.5) is 0 Å². The van der Waals surface area contributed by atoms with Gasteiger partial charge in [-0.3, -0.25) is 0 Å². The molecule has 0 aliphatic rings. The Morgan fingerprint density at radius 3 is 1.51 bits per heavy atom. The van der Waals surface area contributed by atoms with E-state index in [1.807, 2.05) is 19.1 Å². The Hall–Kier alpha value is -2.94. The monoisotopic (exact) mass is 750 g/mol. The second kappa shape index (κ2) is 15.5. The van der Waals surface area contributed by atoms with Crippen LogP contribution in [0.2, 0.25) is 13.1 Å². The predicted octanol–water partition coefficient (Wildman–Crippen LogP) is 13.7. The van der Waals surface area contributed by atoms with E-state index in [4.69, 9.17) is 21.4 Å². The van der Waals surface area contributed by atoms with Gasteiger partial charge in [-0.2, -0.15) is 6.07 Å². The minimum atomic E-state index is -1.65. The summed E-state index contributed by atoms with van der Waals surface area (Å²) < 4.78 is 5.81. The van der Waals surface area contributed by atoms with Crippen LogP contribution >= 0.6 is 17.0 Å². The molecular weight excluding hydrogens is 711 g/mol. The normalized spacial score (nSPS) is 10.8. The third kappa shape index (κ3) is 8.21. The number of hydrogen-bond acceptors (Lipinski definition) is 1. The first kappa shape index (κ1) is 35.4. The van der Waals surface area contributed by atoms with Crippen molar-refractivity contribution in [1.29, 1.82) is 0 Å². The van der Waals surface area contributed by atoms with Gasteiger partial charge < -0.3 is 4.42 Å². The largest absolute Gasteiger partial charge is 0.496 e. The molecule has 0 unspecified atom stereocenters. The maximum Gasteiger partial charge on any atom is 0.0896 e. The van der Waals surface area contributed by atoms with Gasteiger partial charge in [0.25, 0.3) is 0 Å². The number of fused-ring (bicyclic) bond motifs is 2. The molecular formula is C42H42Cl2OSiZr-2. The van der Waals surface area contributed by atoms with Gasteiger partial charge in [-0.25, -0.2) is 0 Å². The van der Waals surface area contributed by atoms with Crippen LogP contribution in [0.15, 0.2) is 114 Å². The molecule has 1 heterocycles. The molecule has 0 aliphatic heterocycles. The molecule has 0 atom stereocenters. The van der Waals surface area contributed by atoms with E-state index in [0.717, 1.165) is 17.1 Å². The van der Waals surface area contributed by atoms with E-state index in [2.05, 4.69) is 145 Å². The van der Waals surface area contributed by atoms with Crippen molar-refractivity contribution in [1.82, 2.24) is 0 Å². The van der Waals surface area contributed by atoms with Crippen molar-refractivity contribution in [2.45, 2.75) is 54.6 Å². The molecule has 0 aliphatic carbocycles. The third-order valence-electron chi connectivity index (χ3n) is 8.73. The number of rotatable bonds is 3. The maximum atomic E-state index is 5.81. The van der Waals surface area contributed by atoms with Crippen LogP contribution in [-0.4, -0.2) is 5.43 Å². The van der Waals surface area contributed by atoms with Gasteiger partial charge >= 0.3 is 53.5 Å². The molecule has 240 valence electrons. The summed E-state index contributed by atoms with van der Waals surface area (Å²) in [5, 5.41) is 5.30. The van der Waals surface area contributed by atoms with Crippen LogP contribution in [0, 0.1) is 41.5 Å². The number of halogens is 2. The Labute approximate surface area is 295 Å². The minimum Gasteiger partial charge on any atom is -0.496 e. The maximum absolute atomic E-state index is 5.81. The van der Waals surface area contributed by atoms with Gasteiger partial charge in [-0.15, -0.1) is 57.4 Å². The molecule has 7 rings (SSSR count). The van der Waals surface area contributed by atoms with Crippen molar-refractivity contribution >= 4 is 44.0 Å². The molecule has 0 spiro atoms. The van der Waals surface area contributed by atoms with Crippen molar-refractivity contribution in [2.75, 3.05) is 0 Å². The molecule has 1 aromatic heterocycles. The SMILES string of the molecule is C[Si](C)=[Zr]([Cl])[Cl].Cc1cc2c(-c3ccccc3)c(C)c(C)cc2[cH-]1.Cc1ccc(-c2cc3c(-c4ccccc4)c(C)c(C)cc3[cH-]2)o1. The van der Waals surface area contributed by atoms with Gasteiger partial charge in [0.05, 0.1) is 11.5 Å². The van der Waals surface area contributed by atoms with Gasteiger partial charge in [0.1, 0.15) is 0 Å². The summed E-state index contributed by atoms with van der Waals surface area (Å²) in [6, 6.07) is 39.0. The first-order valence-corrected chi connectivity index (χ1v) is 28.5. The smallest absolute Gasteiger partial charge is 0.0896 e. The van der Waals surface area contributed by atoms with E-state index < -0.39 is 18.0 Å². The molecule has 7 aromatic rings. The second-order valence-electron chi connectivity index (χ2n) is 12.6. The number of hydrogen-bond donors (Lipinski definition) is 0. The van der Waals surface area contributed by atoms with E-state index in [1.165, 1.54) is 71.6 Å². The molecule has 6 aromatic carbocycles. The number of benzene rings is 4. The molecule has 1 nitrogen and oxygen atoms in total. The van der Waals surface area contributed by atoms with Crippen LogP contribution in [-0.2, 0) is 18.0 Å². The van der Waals surface area contributed by atoms with Gasteiger partial charge in [0, 0.05) is 0 Å². The van der Waals surface area contributed by atoms with Crippen molar-refractivity contribution in [3.8, 4) is 33.6 Å². The Morgan fingerprint density at radius 1 is 0.596 bits per heavy atom. The van der Waals surface area contributed by atoms with Crippen LogP contribution in [0.1, 0.15) is 33.6 Å². The molecule has 0 radical (unpaired) electrons. The average Bonchev–Trinajstić information content (AvgIpc) is 3.77. The minimum absolute atomic E-state index is 0.224. The van der Waals surface area contributed by atoms with Gasteiger partial charge in [-0.05, 0) is 63.4 Å². The molecule has 0 bridgehead atoms. The fourth-order valence-corrected chi connectivity index (χ4v) is 6.04. The summed E-state index contributed by atoms with van der Waals surface area (Å²) in [5.41, 5.74) is 13.0. The Kier molecular flexibility index (Phi) is 11.7. The van der Waals surface area contributed by atoms with E-state index in [9.17, 15) is 0 Å². The summed E-state index contributed by atoms with van der Waals surface area (Å²) >= 11 is -1.65. The molecule has 0 saturated carbocycles. The van der Waals surface area contributed by atoms with Crippen molar-refractivity contribution in [3.05, 3.63) is 143 Å². The van der Waals surface area contributed by atoms with Crippen LogP contribution in [0.25, 0.3) is 55.1 Å². The molecule has 47 heavy (non-hydrogen) atoms. The van der Waals surface area contributed by atoms with Crippen molar-refractivity contribution < 1.29 is 22.4 Å². The zero-order valence-electron chi connectivity index (χ0n) is 28.6. The Bertz CT molecular complexity index is 2160. The van der Waals surface area contributed by atoms with E-state index in [0.29, 0.717) is 0 Å². The van der Waals surface area contributed by atoms with Crippen LogP contribution in [0.3, 0.4) is 0 Å². The number of furan rings is 1. The standard InChI is InChI=1S/C22H19O.C18H17.C2H6Si.2ClH.Zr/c1-14-11-18-12-19(21-10-9-15(2)23-21)13-20(18)22(16(14)3)17-7-5-4-6-8-17;1-12-9-16-11-13(2)14(3)18(17(16)10-12)15-7-5-4-6-8-15;1-3-2;;;/h4-13H,1-3H3;4-11H,1-3H3;1-2H3;2*1H;/q2*-1;;;;+2/p-2. The quantitative estimate of drug-likeness (QED) is 0.129. The van der Waals surface area contributed by atoms with E-state index >= 15 is 0 Å². The fraction of sp³-hybridized carbons (Fsp3) is 0.190. The zero-order chi connectivity index (χ0) is 33.8. The van der Waals surface area contributed by atoms with Crippen molar-refractivity contribution in [2.24, 2.45) is 0 Å². The van der Waals surface area contributed by atoms with E-state index in [-0.39, 0.29) is 5.43 Å². The third-order valence-corrected chi connectivity index (χ3v) is 28.5. The average molecular weight is 753 g/mol. The first-order valence-electron chi connectivity index (χ1n) is 16.0. The summed E-state index contributed by atoms with van der Waals surface area (Å²) in [7, 11) is 11.2. The molecule has 0 N–H and O–H groups in total. The summed E-state index contributed by atoms with van der Waals surface area (Å²) in [4.78, 5) is 0. The zero-order valence-corrected chi connectivity index (χ0v) is 33.5. The fourth-order valence-electron chi connectivity index (χ4n) is 6.04. The topological polar surface area (TPSA) is 13.1 Å². The van der Waals surface area contributed by atoms with Crippen LogP contribution < -0.4 is 0 Å². The Balaban J connectivity index is 0.000000161. The van der Waals surface area contributed by atoms with Crippen molar-refractivity contribution in [3.63, 3.8) is 0 Å².